The number of hydrogen-bond acceptors (Lipinski definition) is 5. The molecule has 28 heavy (non-hydrogen) atoms. The molecule has 0 atom stereocenters. The fourth-order valence-electron chi connectivity index (χ4n) is 3.96. The minimum Gasteiger partial charge on any atom is -0.482 e. The number of ether oxygens (including phenoxy) is 3. The molecule has 0 radical (unpaired) electrons. The lowest BCUT2D eigenvalue weighted by atomic mass is 10.2. The van der Waals surface area contributed by atoms with Gasteiger partial charge in [-0.05, 0) is 37.1 Å². The van der Waals surface area contributed by atoms with Gasteiger partial charge in [-0.3, -0.25) is 14.5 Å². The molecule has 1 saturated carbocycles. The zero-order valence-electron chi connectivity index (χ0n) is 15.3. The highest BCUT2D eigenvalue weighted by atomic mass is 16.7. The molecule has 1 N–H and O–H groups in total. The summed E-state index contributed by atoms with van der Waals surface area (Å²) in [5.41, 5.74) is 1.21. The number of para-hydroxylation sites is 2. The first-order valence-electron chi connectivity index (χ1n) is 9.46. The van der Waals surface area contributed by atoms with Gasteiger partial charge in [0.1, 0.15) is 12.3 Å². The third-order valence-corrected chi connectivity index (χ3v) is 5.29. The van der Waals surface area contributed by atoms with Gasteiger partial charge < -0.3 is 19.5 Å². The molecule has 1 fully saturated rings. The molecule has 144 valence electrons. The van der Waals surface area contributed by atoms with Crippen LogP contribution in [0.15, 0.2) is 42.5 Å². The van der Waals surface area contributed by atoms with Gasteiger partial charge in [0.15, 0.2) is 18.1 Å². The third-order valence-electron chi connectivity index (χ3n) is 5.29. The van der Waals surface area contributed by atoms with Crippen LogP contribution in [0.1, 0.15) is 25.7 Å². The number of benzene rings is 2. The van der Waals surface area contributed by atoms with Gasteiger partial charge in [-0.2, -0.15) is 0 Å². The van der Waals surface area contributed by atoms with Crippen molar-refractivity contribution in [1.29, 1.82) is 0 Å². The first-order chi connectivity index (χ1) is 13.6. The number of carbonyl (C=O) groups excluding carboxylic acids is 2. The van der Waals surface area contributed by atoms with Crippen LogP contribution in [-0.4, -0.2) is 30.8 Å². The molecular weight excluding hydrogens is 360 g/mol. The standard InChI is InChI=1S/C21H20N2O5/c24-19(12-23-15-5-1-2-6-16(15)26-13-20(23)25)22-14-7-8-17-18(11-14)28-21(27-17)9-3-4-10-21/h1-2,5-8,11H,3-4,9-10,12-13H2,(H,22,24). The Morgan fingerprint density at radius 3 is 2.68 bits per heavy atom. The van der Waals surface area contributed by atoms with E-state index >= 15 is 0 Å². The summed E-state index contributed by atoms with van der Waals surface area (Å²) in [6, 6.07) is 12.6. The number of carbonyl (C=O) groups is 2. The molecule has 0 aromatic heterocycles. The van der Waals surface area contributed by atoms with Crippen LogP contribution in [0.2, 0.25) is 0 Å². The molecule has 5 rings (SSSR count). The second-order valence-electron chi connectivity index (χ2n) is 7.27. The number of amides is 2. The highest BCUT2D eigenvalue weighted by molar-refractivity contribution is 6.05. The number of fused-ring (bicyclic) bond motifs is 2. The van der Waals surface area contributed by atoms with Gasteiger partial charge in [-0.25, -0.2) is 0 Å². The van der Waals surface area contributed by atoms with Crippen LogP contribution in [0.25, 0.3) is 0 Å². The second-order valence-corrected chi connectivity index (χ2v) is 7.27. The van der Waals surface area contributed by atoms with Gasteiger partial charge in [0, 0.05) is 24.6 Å². The lowest BCUT2D eigenvalue weighted by molar-refractivity contribution is -0.123. The van der Waals surface area contributed by atoms with E-state index in [0.29, 0.717) is 28.6 Å². The summed E-state index contributed by atoms with van der Waals surface area (Å²) in [5.74, 6) is 0.876. The van der Waals surface area contributed by atoms with Crippen molar-refractivity contribution in [1.82, 2.24) is 0 Å². The molecule has 1 aliphatic carbocycles. The summed E-state index contributed by atoms with van der Waals surface area (Å²) >= 11 is 0. The maximum atomic E-state index is 12.6. The van der Waals surface area contributed by atoms with E-state index < -0.39 is 5.79 Å². The zero-order valence-corrected chi connectivity index (χ0v) is 15.3. The van der Waals surface area contributed by atoms with E-state index in [2.05, 4.69) is 5.32 Å². The van der Waals surface area contributed by atoms with Gasteiger partial charge >= 0.3 is 0 Å². The fourth-order valence-corrected chi connectivity index (χ4v) is 3.96. The molecule has 0 bridgehead atoms. The van der Waals surface area contributed by atoms with E-state index in [4.69, 9.17) is 14.2 Å². The van der Waals surface area contributed by atoms with Crippen LogP contribution in [0.5, 0.6) is 17.2 Å². The van der Waals surface area contributed by atoms with Crippen molar-refractivity contribution in [3.05, 3.63) is 42.5 Å². The Hall–Kier alpha value is -3.22. The lowest BCUT2D eigenvalue weighted by Gasteiger charge is -2.28. The van der Waals surface area contributed by atoms with E-state index in [1.165, 1.54) is 4.90 Å². The highest BCUT2D eigenvalue weighted by Crippen LogP contribution is 2.47. The van der Waals surface area contributed by atoms with Crippen molar-refractivity contribution in [3.63, 3.8) is 0 Å². The number of anilines is 2. The van der Waals surface area contributed by atoms with Gasteiger partial charge in [0.25, 0.3) is 11.7 Å². The monoisotopic (exact) mass is 380 g/mol. The SMILES string of the molecule is O=C(CN1C(=O)COc2ccccc21)Nc1ccc2c(c1)OC1(CCCC1)O2. The van der Waals surface area contributed by atoms with Crippen molar-refractivity contribution < 1.29 is 23.8 Å². The number of nitrogens with one attached hydrogen (secondary N) is 1. The molecule has 2 aromatic rings. The van der Waals surface area contributed by atoms with Crippen LogP contribution in [0, 0.1) is 0 Å². The van der Waals surface area contributed by atoms with Crippen LogP contribution in [-0.2, 0) is 9.59 Å². The normalized spacial score (nSPS) is 18.7. The smallest absolute Gasteiger partial charge is 0.265 e. The Morgan fingerprint density at radius 2 is 1.82 bits per heavy atom. The average Bonchev–Trinajstić information content (AvgIpc) is 3.29. The Labute approximate surface area is 162 Å². The van der Waals surface area contributed by atoms with Crippen LogP contribution in [0.3, 0.4) is 0 Å². The molecule has 3 aliphatic rings. The number of nitrogens with zero attached hydrogens (tertiary/aromatic N) is 1. The molecular formula is C21H20N2O5. The zero-order chi connectivity index (χ0) is 19.1. The predicted octanol–water partition coefficient (Wildman–Crippen LogP) is 3.09. The Morgan fingerprint density at radius 1 is 1.04 bits per heavy atom. The molecule has 2 amide bonds. The summed E-state index contributed by atoms with van der Waals surface area (Å²) in [5, 5.41) is 2.84. The van der Waals surface area contributed by atoms with Crippen LogP contribution < -0.4 is 24.4 Å². The van der Waals surface area contributed by atoms with Gasteiger partial charge in [-0.1, -0.05) is 12.1 Å². The predicted molar refractivity (Wildman–Crippen MR) is 102 cm³/mol. The molecule has 7 nitrogen and oxygen atoms in total. The van der Waals surface area contributed by atoms with Crippen molar-refractivity contribution >= 4 is 23.2 Å². The minimum atomic E-state index is -0.533. The fraction of sp³-hybridized carbons (Fsp3) is 0.333. The summed E-state index contributed by atoms with van der Waals surface area (Å²) in [6.45, 7) is -0.159. The van der Waals surface area contributed by atoms with E-state index in [1.54, 1.807) is 24.3 Å². The summed E-state index contributed by atoms with van der Waals surface area (Å²) in [4.78, 5) is 26.2. The molecule has 2 heterocycles. The molecule has 2 aromatic carbocycles. The maximum absolute atomic E-state index is 12.6. The van der Waals surface area contributed by atoms with Crippen molar-refractivity contribution in [2.75, 3.05) is 23.4 Å². The van der Waals surface area contributed by atoms with E-state index in [1.807, 2.05) is 18.2 Å². The Balaban J connectivity index is 1.29. The minimum absolute atomic E-state index is 0.0730. The maximum Gasteiger partial charge on any atom is 0.265 e. The van der Waals surface area contributed by atoms with E-state index in [-0.39, 0.29) is 25.0 Å². The van der Waals surface area contributed by atoms with E-state index in [9.17, 15) is 9.59 Å². The summed E-state index contributed by atoms with van der Waals surface area (Å²) < 4.78 is 17.4. The summed E-state index contributed by atoms with van der Waals surface area (Å²) in [6.07, 6.45) is 3.93. The van der Waals surface area contributed by atoms with Gasteiger partial charge in [-0.15, -0.1) is 0 Å². The lowest BCUT2D eigenvalue weighted by Crippen LogP contribution is -2.43. The molecule has 1 spiro atoms. The van der Waals surface area contributed by atoms with E-state index in [0.717, 1.165) is 25.7 Å². The van der Waals surface area contributed by atoms with Crippen molar-refractivity contribution in [2.24, 2.45) is 0 Å². The van der Waals surface area contributed by atoms with Crippen LogP contribution in [0.4, 0.5) is 11.4 Å². The molecule has 7 heteroatoms. The average molecular weight is 380 g/mol. The third kappa shape index (κ3) is 2.93. The molecule has 2 aliphatic heterocycles. The van der Waals surface area contributed by atoms with Crippen molar-refractivity contribution in [3.8, 4) is 17.2 Å². The van der Waals surface area contributed by atoms with Gasteiger partial charge in [0.2, 0.25) is 5.91 Å². The molecule has 0 saturated heterocycles. The van der Waals surface area contributed by atoms with Crippen molar-refractivity contribution in [2.45, 2.75) is 31.5 Å². The number of rotatable bonds is 3. The first-order valence-corrected chi connectivity index (χ1v) is 9.46. The Bertz CT molecular complexity index is 952. The first kappa shape index (κ1) is 16.9. The quantitative estimate of drug-likeness (QED) is 0.885. The topological polar surface area (TPSA) is 77.1 Å². The van der Waals surface area contributed by atoms with Gasteiger partial charge in [0.05, 0.1) is 5.69 Å². The van der Waals surface area contributed by atoms with Crippen LogP contribution >= 0.6 is 0 Å². The largest absolute Gasteiger partial charge is 0.482 e. The molecule has 0 unspecified atom stereocenters. The summed E-state index contributed by atoms with van der Waals surface area (Å²) in [7, 11) is 0. The Kier molecular flexibility index (Phi) is 3.89. The highest BCUT2D eigenvalue weighted by Gasteiger charge is 2.44. The number of hydrogen-bond donors (Lipinski definition) is 1. The second kappa shape index (κ2) is 6.44.